The first-order valence-corrected chi connectivity index (χ1v) is 5.12. The molecule has 0 unspecified atom stereocenters. The van der Waals surface area contributed by atoms with Crippen molar-refractivity contribution in [1.82, 2.24) is 0 Å². The van der Waals surface area contributed by atoms with Gasteiger partial charge >= 0.3 is 5.97 Å². The number of halogens is 1. The number of esters is 1. The van der Waals surface area contributed by atoms with Crippen LogP contribution in [0, 0.1) is 0 Å². The molecule has 0 atom stereocenters. The lowest BCUT2D eigenvalue weighted by Crippen LogP contribution is -2.01. The largest absolute Gasteiger partial charge is 0.466 e. The molecule has 0 aliphatic carbocycles. The van der Waals surface area contributed by atoms with Crippen LogP contribution >= 0.6 is 11.6 Å². The Morgan fingerprint density at radius 1 is 1.36 bits per heavy atom. The summed E-state index contributed by atoms with van der Waals surface area (Å²) in [5.74, 6) is 0.287. The Kier molecular flexibility index (Phi) is 7.21. The maximum atomic E-state index is 11.0. The molecule has 0 amide bonds. The zero-order chi connectivity index (χ0) is 11.0. The highest BCUT2D eigenvalue weighted by Crippen LogP contribution is 2.07. The lowest BCUT2D eigenvalue weighted by atomic mass is 10.1. The molecule has 0 saturated heterocycles. The molecule has 0 aliphatic heterocycles. The summed E-state index contributed by atoms with van der Waals surface area (Å²) in [6.45, 7) is 3.79. The van der Waals surface area contributed by atoms with E-state index in [-0.39, 0.29) is 5.97 Å². The summed E-state index contributed by atoms with van der Waals surface area (Å²) in [7, 11) is 1.39. The molecule has 2 nitrogen and oxygen atoms in total. The molecule has 0 radical (unpaired) electrons. The van der Waals surface area contributed by atoms with Gasteiger partial charge in [-0.05, 0) is 26.7 Å². The maximum Gasteiger partial charge on any atom is 0.333 e. The summed E-state index contributed by atoms with van der Waals surface area (Å²) in [6.07, 6.45) is 5.64. The van der Waals surface area contributed by atoms with Crippen molar-refractivity contribution in [2.75, 3.05) is 13.0 Å². The highest BCUT2D eigenvalue weighted by atomic mass is 35.5. The fraction of sp³-hybridized carbons (Fsp3) is 0.545. The van der Waals surface area contributed by atoms with Crippen molar-refractivity contribution < 1.29 is 9.53 Å². The van der Waals surface area contributed by atoms with E-state index in [0.717, 1.165) is 12.8 Å². The average Bonchev–Trinajstić information content (AvgIpc) is 2.16. The SMILES string of the molecule is COC(=O)/C(C)=C/CC/C(C)=C/CCl. The van der Waals surface area contributed by atoms with Crippen LogP contribution in [0.4, 0.5) is 0 Å². The molecule has 0 aromatic rings. The van der Waals surface area contributed by atoms with Crippen LogP contribution in [0.15, 0.2) is 23.3 Å². The Morgan fingerprint density at radius 2 is 2.00 bits per heavy atom. The van der Waals surface area contributed by atoms with E-state index < -0.39 is 0 Å². The predicted molar refractivity (Wildman–Crippen MR) is 59.5 cm³/mol. The van der Waals surface area contributed by atoms with E-state index in [1.165, 1.54) is 12.7 Å². The van der Waals surface area contributed by atoms with E-state index in [1.807, 2.05) is 19.1 Å². The van der Waals surface area contributed by atoms with Gasteiger partial charge in [0.15, 0.2) is 0 Å². The van der Waals surface area contributed by atoms with Crippen LogP contribution in [-0.4, -0.2) is 19.0 Å². The fourth-order valence-electron chi connectivity index (χ4n) is 0.994. The summed E-state index contributed by atoms with van der Waals surface area (Å²) >= 11 is 5.54. The molecular weight excluding hydrogens is 200 g/mol. The minimum absolute atomic E-state index is 0.260. The highest BCUT2D eigenvalue weighted by Gasteiger charge is 2.01. The molecule has 80 valence electrons. The third-order valence-corrected chi connectivity index (χ3v) is 2.08. The summed E-state index contributed by atoms with van der Waals surface area (Å²) in [4.78, 5) is 11.0. The summed E-state index contributed by atoms with van der Waals surface area (Å²) in [5, 5.41) is 0. The molecule has 0 rings (SSSR count). The van der Waals surface area contributed by atoms with Crippen molar-refractivity contribution in [3.8, 4) is 0 Å². The molecule has 0 spiro atoms. The number of carbonyl (C=O) groups excluding carboxylic acids is 1. The molecule has 0 aliphatic rings. The fourth-order valence-corrected chi connectivity index (χ4v) is 1.26. The maximum absolute atomic E-state index is 11.0. The number of methoxy groups -OCH3 is 1. The van der Waals surface area contributed by atoms with Crippen LogP contribution in [0.25, 0.3) is 0 Å². The van der Waals surface area contributed by atoms with Crippen LogP contribution in [0.1, 0.15) is 26.7 Å². The quantitative estimate of drug-likeness (QED) is 0.306. The first kappa shape index (κ1) is 13.2. The van der Waals surface area contributed by atoms with E-state index in [2.05, 4.69) is 4.74 Å². The minimum atomic E-state index is -0.260. The molecule has 0 fully saturated rings. The van der Waals surface area contributed by atoms with Crippen molar-refractivity contribution in [3.63, 3.8) is 0 Å². The van der Waals surface area contributed by atoms with Crippen LogP contribution in [0.3, 0.4) is 0 Å². The van der Waals surface area contributed by atoms with E-state index in [9.17, 15) is 4.79 Å². The normalized spacial score (nSPS) is 12.9. The number of ether oxygens (including phenoxy) is 1. The smallest absolute Gasteiger partial charge is 0.333 e. The van der Waals surface area contributed by atoms with Gasteiger partial charge in [-0.25, -0.2) is 4.79 Å². The number of hydrogen-bond acceptors (Lipinski definition) is 2. The van der Waals surface area contributed by atoms with Gasteiger partial charge in [0.2, 0.25) is 0 Å². The molecule has 0 bridgehead atoms. The van der Waals surface area contributed by atoms with E-state index in [1.54, 1.807) is 6.92 Å². The summed E-state index contributed by atoms with van der Waals surface area (Å²) in [5.41, 5.74) is 1.90. The van der Waals surface area contributed by atoms with Crippen molar-refractivity contribution in [3.05, 3.63) is 23.3 Å². The van der Waals surface area contributed by atoms with Gasteiger partial charge in [-0.15, -0.1) is 11.6 Å². The Bertz CT molecular complexity index is 242. The lowest BCUT2D eigenvalue weighted by Gasteiger charge is -1.99. The zero-order valence-electron chi connectivity index (χ0n) is 8.97. The third kappa shape index (κ3) is 5.81. The topological polar surface area (TPSA) is 26.3 Å². The lowest BCUT2D eigenvalue weighted by molar-refractivity contribution is -0.136. The van der Waals surface area contributed by atoms with Gasteiger partial charge < -0.3 is 4.74 Å². The second-order valence-corrected chi connectivity index (χ2v) is 3.43. The van der Waals surface area contributed by atoms with Crippen molar-refractivity contribution >= 4 is 17.6 Å². The number of allylic oxidation sites excluding steroid dienone is 3. The molecule has 0 N–H and O–H groups in total. The standard InChI is InChI=1S/C11H17ClO2/c1-9(7-8-12)5-4-6-10(2)11(13)14-3/h6-7H,4-5,8H2,1-3H3/b9-7+,10-6+. The third-order valence-electron chi connectivity index (χ3n) is 1.92. The van der Waals surface area contributed by atoms with Crippen molar-refractivity contribution in [1.29, 1.82) is 0 Å². The van der Waals surface area contributed by atoms with Gasteiger partial charge in [0.1, 0.15) is 0 Å². The molecule has 3 heteroatoms. The number of hydrogen-bond donors (Lipinski definition) is 0. The van der Waals surface area contributed by atoms with Gasteiger partial charge in [0, 0.05) is 11.5 Å². The second-order valence-electron chi connectivity index (χ2n) is 3.12. The van der Waals surface area contributed by atoms with Gasteiger partial charge in [0.05, 0.1) is 7.11 Å². The van der Waals surface area contributed by atoms with Crippen LogP contribution in [0.2, 0.25) is 0 Å². The monoisotopic (exact) mass is 216 g/mol. The molecule has 0 aromatic carbocycles. The number of carbonyl (C=O) groups is 1. The van der Waals surface area contributed by atoms with Crippen molar-refractivity contribution in [2.24, 2.45) is 0 Å². The second kappa shape index (κ2) is 7.63. The Labute approximate surface area is 90.6 Å². The zero-order valence-corrected chi connectivity index (χ0v) is 9.73. The Morgan fingerprint density at radius 3 is 2.50 bits per heavy atom. The summed E-state index contributed by atoms with van der Waals surface area (Å²) < 4.78 is 4.57. The van der Waals surface area contributed by atoms with Crippen LogP contribution in [-0.2, 0) is 9.53 Å². The van der Waals surface area contributed by atoms with Crippen molar-refractivity contribution in [2.45, 2.75) is 26.7 Å². The van der Waals surface area contributed by atoms with Gasteiger partial charge in [-0.2, -0.15) is 0 Å². The molecule has 14 heavy (non-hydrogen) atoms. The molecular formula is C11H17ClO2. The summed E-state index contributed by atoms with van der Waals surface area (Å²) in [6, 6.07) is 0. The average molecular weight is 217 g/mol. The Balaban J connectivity index is 3.93. The van der Waals surface area contributed by atoms with Gasteiger partial charge in [-0.3, -0.25) is 0 Å². The molecule has 0 aromatic heterocycles. The molecule has 0 saturated carbocycles. The predicted octanol–water partition coefficient (Wildman–Crippen LogP) is 3.07. The first-order chi connectivity index (χ1) is 6.61. The number of alkyl halides is 1. The van der Waals surface area contributed by atoms with Gasteiger partial charge in [0.25, 0.3) is 0 Å². The minimum Gasteiger partial charge on any atom is -0.466 e. The first-order valence-electron chi connectivity index (χ1n) is 4.58. The van der Waals surface area contributed by atoms with Crippen LogP contribution in [0.5, 0.6) is 0 Å². The van der Waals surface area contributed by atoms with Crippen LogP contribution < -0.4 is 0 Å². The highest BCUT2D eigenvalue weighted by molar-refractivity contribution is 6.18. The van der Waals surface area contributed by atoms with E-state index >= 15 is 0 Å². The number of rotatable bonds is 5. The van der Waals surface area contributed by atoms with E-state index in [4.69, 9.17) is 11.6 Å². The Hall–Kier alpha value is -0.760. The van der Waals surface area contributed by atoms with Gasteiger partial charge in [-0.1, -0.05) is 17.7 Å². The van der Waals surface area contributed by atoms with E-state index in [0.29, 0.717) is 11.5 Å². The molecule has 0 heterocycles.